The number of amides is 1. The van der Waals surface area contributed by atoms with E-state index in [1.807, 2.05) is 60.9 Å². The Balaban J connectivity index is 1.18. The van der Waals surface area contributed by atoms with Crippen molar-refractivity contribution in [3.05, 3.63) is 89.3 Å². The monoisotopic (exact) mass is 607 g/mol. The first-order valence-electron chi connectivity index (χ1n) is 16.8. The van der Waals surface area contributed by atoms with Crippen LogP contribution in [0.1, 0.15) is 101 Å². The molecule has 1 N–H and O–H groups in total. The Morgan fingerprint density at radius 3 is 2.04 bits per heavy atom. The number of aliphatic carboxylic acids is 1. The second-order valence-electron chi connectivity index (χ2n) is 14.2. The molecule has 1 unspecified atom stereocenters. The molecule has 2 aliphatic carbocycles. The normalized spacial score (nSPS) is 20.4. The van der Waals surface area contributed by atoms with Gasteiger partial charge in [0.1, 0.15) is 6.54 Å². The summed E-state index contributed by atoms with van der Waals surface area (Å²) in [6, 6.07) is 15.7. The van der Waals surface area contributed by atoms with Crippen molar-refractivity contribution in [2.75, 3.05) is 6.54 Å². The molecule has 1 atom stereocenters. The molecular weight excluding hydrogens is 558 g/mol. The summed E-state index contributed by atoms with van der Waals surface area (Å²) in [5.74, 6) is 2.09. The number of aromatic nitrogens is 2. The zero-order chi connectivity index (χ0) is 32.0. The highest BCUT2D eigenvalue weighted by Crippen LogP contribution is 2.41. The molecule has 2 aliphatic rings. The Kier molecular flexibility index (Phi) is 10.5. The fourth-order valence-electron chi connectivity index (χ4n) is 7.04. The van der Waals surface area contributed by atoms with E-state index in [0.29, 0.717) is 5.82 Å². The molecule has 0 aliphatic heterocycles. The third-order valence-electron chi connectivity index (χ3n) is 10.0. The third kappa shape index (κ3) is 8.68. The lowest BCUT2D eigenvalue weighted by Crippen LogP contribution is -2.36. The summed E-state index contributed by atoms with van der Waals surface area (Å²) in [6.07, 6.45) is 17.0. The number of carbonyl (C=O) groups excluding carboxylic acids is 1. The summed E-state index contributed by atoms with van der Waals surface area (Å²) < 4.78 is 0. The van der Waals surface area contributed by atoms with E-state index in [0.717, 1.165) is 46.4 Å². The quantitative estimate of drug-likeness (QED) is 0.250. The summed E-state index contributed by atoms with van der Waals surface area (Å²) >= 11 is 0. The Labute approximate surface area is 269 Å². The first-order chi connectivity index (χ1) is 21.6. The molecular formula is C39H49N3O3. The van der Waals surface area contributed by atoms with Crippen molar-refractivity contribution >= 4 is 17.4 Å². The smallest absolute Gasteiger partial charge is 0.323 e. The Morgan fingerprint density at radius 2 is 1.49 bits per heavy atom. The highest BCUT2D eigenvalue weighted by Gasteiger charge is 2.28. The van der Waals surface area contributed by atoms with Gasteiger partial charge in [-0.1, -0.05) is 102 Å². The van der Waals surface area contributed by atoms with Crippen LogP contribution in [0.2, 0.25) is 0 Å². The van der Waals surface area contributed by atoms with E-state index in [9.17, 15) is 14.7 Å². The second-order valence-corrected chi connectivity index (χ2v) is 14.2. The van der Waals surface area contributed by atoms with Gasteiger partial charge in [-0.25, -0.2) is 9.97 Å². The first kappa shape index (κ1) is 32.6. The van der Waals surface area contributed by atoms with Crippen molar-refractivity contribution in [3.63, 3.8) is 0 Å². The van der Waals surface area contributed by atoms with Gasteiger partial charge >= 0.3 is 5.97 Å². The summed E-state index contributed by atoms with van der Waals surface area (Å²) in [6.45, 7) is 8.66. The van der Waals surface area contributed by atoms with Gasteiger partial charge < -0.3 is 10.0 Å². The van der Waals surface area contributed by atoms with Gasteiger partial charge in [0.25, 0.3) is 0 Å². The molecule has 1 saturated carbocycles. The van der Waals surface area contributed by atoms with Crippen LogP contribution in [0.3, 0.4) is 0 Å². The zero-order valence-electron chi connectivity index (χ0n) is 27.5. The zero-order valence-corrected chi connectivity index (χ0v) is 27.5. The summed E-state index contributed by atoms with van der Waals surface area (Å²) in [7, 11) is 0. The molecule has 1 aromatic heterocycles. The van der Waals surface area contributed by atoms with E-state index in [-0.39, 0.29) is 30.8 Å². The number of rotatable bonds is 10. The predicted octanol–water partition coefficient (Wildman–Crippen LogP) is 8.50. The predicted molar refractivity (Wildman–Crippen MR) is 180 cm³/mol. The molecule has 1 fully saturated rings. The average Bonchev–Trinajstić information content (AvgIpc) is 3.05. The highest BCUT2D eigenvalue weighted by atomic mass is 16.4. The molecule has 238 valence electrons. The van der Waals surface area contributed by atoms with Crippen LogP contribution in [0.25, 0.3) is 17.0 Å². The van der Waals surface area contributed by atoms with E-state index in [1.165, 1.54) is 61.0 Å². The number of hydrogen-bond donors (Lipinski definition) is 1. The lowest BCUT2D eigenvalue weighted by Gasteiger charge is -2.35. The highest BCUT2D eigenvalue weighted by molar-refractivity contribution is 5.83. The molecule has 45 heavy (non-hydrogen) atoms. The van der Waals surface area contributed by atoms with Crippen LogP contribution >= 0.6 is 0 Å². The van der Waals surface area contributed by atoms with Crippen LogP contribution in [-0.4, -0.2) is 38.4 Å². The molecule has 0 saturated heterocycles. The van der Waals surface area contributed by atoms with Crippen LogP contribution in [0, 0.1) is 17.8 Å². The standard InChI is InChI=1S/C39H49N3O3/c1-5-27-6-12-30(13-7-27)31-16-18-32(19-17-31)34-23-40-38(41-24-34)33-14-8-29(9-15-33)25-42(26-37(44)45)36(43)22-28-10-20-35(21-11-28)39(2,3)4/h8-11,14-15,18,20-21,23-24,27,30-31H,5-7,12-13,16-17,19,22,25-26H2,1-4H3,(H,44,45)/t27-,30-,31?. The van der Waals surface area contributed by atoms with Crippen molar-refractivity contribution in [2.24, 2.45) is 17.8 Å². The van der Waals surface area contributed by atoms with Crippen LogP contribution in [0.4, 0.5) is 0 Å². The maximum Gasteiger partial charge on any atom is 0.323 e. The minimum atomic E-state index is -1.03. The Morgan fingerprint density at radius 1 is 0.844 bits per heavy atom. The summed E-state index contributed by atoms with van der Waals surface area (Å²) in [5, 5.41) is 9.49. The van der Waals surface area contributed by atoms with Crippen molar-refractivity contribution in [2.45, 2.75) is 97.4 Å². The van der Waals surface area contributed by atoms with Crippen molar-refractivity contribution in [1.82, 2.24) is 14.9 Å². The largest absolute Gasteiger partial charge is 0.480 e. The molecule has 5 rings (SSSR count). The molecule has 3 aromatic rings. The number of carbonyl (C=O) groups is 2. The average molecular weight is 608 g/mol. The maximum absolute atomic E-state index is 13.1. The van der Waals surface area contributed by atoms with Crippen LogP contribution in [0.5, 0.6) is 0 Å². The number of hydrogen-bond acceptors (Lipinski definition) is 4. The van der Waals surface area contributed by atoms with E-state index < -0.39 is 5.97 Å². The summed E-state index contributed by atoms with van der Waals surface area (Å²) in [4.78, 5) is 35.5. The molecule has 0 bridgehead atoms. The first-order valence-corrected chi connectivity index (χ1v) is 16.8. The van der Waals surface area contributed by atoms with Gasteiger partial charge in [0.2, 0.25) is 5.91 Å². The Hall–Kier alpha value is -3.80. The van der Waals surface area contributed by atoms with Crippen LogP contribution < -0.4 is 0 Å². The van der Waals surface area contributed by atoms with Gasteiger partial charge in [0.05, 0.1) is 6.42 Å². The van der Waals surface area contributed by atoms with E-state index in [2.05, 4.69) is 43.7 Å². The SMILES string of the molecule is CC[C@H]1CC[C@H](C2CC=C(c3cnc(-c4ccc(CN(CC(=O)O)C(=O)Cc5ccc(C(C)(C)C)cc5)cc4)nc3)CC2)CC1. The van der Waals surface area contributed by atoms with Crippen molar-refractivity contribution < 1.29 is 14.7 Å². The van der Waals surface area contributed by atoms with Gasteiger partial charge in [-0.2, -0.15) is 0 Å². The maximum atomic E-state index is 13.1. The lowest BCUT2D eigenvalue weighted by atomic mass is 9.71. The van der Waals surface area contributed by atoms with Gasteiger partial charge in [-0.15, -0.1) is 0 Å². The Bertz CT molecular complexity index is 1460. The number of nitrogens with zero attached hydrogens (tertiary/aromatic N) is 3. The minimum Gasteiger partial charge on any atom is -0.480 e. The third-order valence-corrected chi connectivity index (χ3v) is 10.0. The second kappa shape index (κ2) is 14.5. The van der Waals surface area contributed by atoms with Gasteiger partial charge in [0, 0.05) is 30.1 Å². The van der Waals surface area contributed by atoms with Crippen molar-refractivity contribution in [3.8, 4) is 11.4 Å². The number of benzene rings is 2. The van der Waals surface area contributed by atoms with E-state index >= 15 is 0 Å². The molecule has 6 heteroatoms. The minimum absolute atomic E-state index is 0.0287. The molecule has 1 heterocycles. The number of allylic oxidation sites excluding steroid dienone is 2. The molecule has 6 nitrogen and oxygen atoms in total. The number of carboxylic acid groups (broad SMARTS) is 1. The number of carboxylic acids is 1. The lowest BCUT2D eigenvalue weighted by molar-refractivity contribution is -0.144. The molecule has 0 radical (unpaired) electrons. The van der Waals surface area contributed by atoms with Crippen molar-refractivity contribution in [1.29, 1.82) is 0 Å². The van der Waals surface area contributed by atoms with Gasteiger partial charge in [-0.3, -0.25) is 9.59 Å². The fraction of sp³-hybridized carbons (Fsp3) is 0.487. The van der Waals surface area contributed by atoms with E-state index in [4.69, 9.17) is 0 Å². The van der Waals surface area contributed by atoms with E-state index in [1.54, 1.807) is 0 Å². The summed E-state index contributed by atoms with van der Waals surface area (Å²) in [5.41, 5.74) is 6.32. The van der Waals surface area contributed by atoms with Crippen LogP contribution in [0.15, 0.2) is 67.0 Å². The van der Waals surface area contributed by atoms with Gasteiger partial charge in [-0.05, 0) is 77.5 Å². The molecule has 0 spiro atoms. The topological polar surface area (TPSA) is 83.4 Å². The molecule has 2 aromatic carbocycles. The molecule has 1 amide bonds. The fourth-order valence-corrected chi connectivity index (χ4v) is 7.04. The van der Waals surface area contributed by atoms with Crippen LogP contribution in [-0.2, 0) is 28.0 Å². The van der Waals surface area contributed by atoms with Gasteiger partial charge in [0.15, 0.2) is 5.82 Å².